The molecule has 4 heteroatoms. The molecule has 0 aliphatic heterocycles. The lowest BCUT2D eigenvalue weighted by atomic mass is 10.2. The molecule has 3 aromatic carbocycles. The second kappa shape index (κ2) is 8.76. The van der Waals surface area contributed by atoms with Crippen LogP contribution in [0.5, 0.6) is 11.5 Å². The van der Waals surface area contributed by atoms with Crippen molar-refractivity contribution in [2.45, 2.75) is 13.2 Å². The highest BCUT2D eigenvalue weighted by Crippen LogP contribution is 2.17. The maximum atomic E-state index is 5.83. The molecule has 0 radical (unpaired) electrons. The minimum absolute atomic E-state index is 0.518. The van der Waals surface area contributed by atoms with Crippen LogP contribution in [0.25, 0.3) is 0 Å². The molecule has 0 aliphatic carbocycles. The molecule has 0 aliphatic rings. The van der Waals surface area contributed by atoms with Gasteiger partial charge in [0.15, 0.2) is 0 Å². The fourth-order valence-electron chi connectivity index (χ4n) is 2.40. The average molecular weight is 334 g/mol. The standard InChI is InChI=1S/C21H22N2O2/c1-24-21-9-5-6-18(14-21)16-25-20-12-10-17(11-13-20)15-22-23-19-7-3-2-4-8-19/h2-14,22-23H,15-16H2,1H3. The Hall–Kier alpha value is -2.98. The van der Waals surface area contributed by atoms with E-state index in [-0.39, 0.29) is 0 Å². The Balaban J connectivity index is 1.46. The first kappa shape index (κ1) is 16.9. The Bertz CT molecular complexity index is 773. The van der Waals surface area contributed by atoms with Crippen molar-refractivity contribution >= 4 is 5.69 Å². The zero-order valence-corrected chi connectivity index (χ0v) is 14.2. The molecule has 0 amide bonds. The number of hydrogen-bond acceptors (Lipinski definition) is 4. The van der Waals surface area contributed by atoms with Gasteiger partial charge in [-0.3, -0.25) is 0 Å². The predicted octanol–water partition coefficient (Wildman–Crippen LogP) is 4.39. The van der Waals surface area contributed by atoms with E-state index < -0.39 is 0 Å². The summed E-state index contributed by atoms with van der Waals surface area (Å²) in [6.07, 6.45) is 0. The van der Waals surface area contributed by atoms with E-state index in [2.05, 4.69) is 23.0 Å². The molecule has 0 atom stereocenters. The number of anilines is 1. The number of hydrazine groups is 1. The van der Waals surface area contributed by atoms with Crippen LogP contribution in [-0.2, 0) is 13.2 Å². The van der Waals surface area contributed by atoms with Gasteiger partial charge in [0.2, 0.25) is 0 Å². The molecular weight excluding hydrogens is 312 g/mol. The minimum Gasteiger partial charge on any atom is -0.497 e. The number of ether oxygens (including phenoxy) is 2. The van der Waals surface area contributed by atoms with E-state index >= 15 is 0 Å². The van der Waals surface area contributed by atoms with Crippen molar-refractivity contribution in [2.24, 2.45) is 0 Å². The van der Waals surface area contributed by atoms with E-state index in [1.54, 1.807) is 7.11 Å². The number of benzene rings is 3. The Kier molecular flexibility index (Phi) is 5.91. The lowest BCUT2D eigenvalue weighted by molar-refractivity contribution is 0.305. The molecule has 3 aromatic rings. The van der Waals surface area contributed by atoms with Gasteiger partial charge in [0.1, 0.15) is 18.1 Å². The molecule has 0 heterocycles. The molecule has 0 spiro atoms. The molecule has 128 valence electrons. The maximum Gasteiger partial charge on any atom is 0.119 e. The van der Waals surface area contributed by atoms with Gasteiger partial charge in [0.25, 0.3) is 0 Å². The summed E-state index contributed by atoms with van der Waals surface area (Å²) in [5.41, 5.74) is 9.68. The summed E-state index contributed by atoms with van der Waals surface area (Å²) in [7, 11) is 1.67. The first-order chi connectivity index (χ1) is 12.3. The monoisotopic (exact) mass is 334 g/mol. The number of hydrogen-bond donors (Lipinski definition) is 2. The quantitative estimate of drug-likeness (QED) is 0.600. The van der Waals surface area contributed by atoms with Gasteiger partial charge < -0.3 is 14.9 Å². The molecule has 4 nitrogen and oxygen atoms in total. The zero-order chi connectivity index (χ0) is 17.3. The lowest BCUT2D eigenvalue weighted by Gasteiger charge is -2.10. The molecule has 0 saturated heterocycles. The Morgan fingerprint density at radius 1 is 0.760 bits per heavy atom. The van der Waals surface area contributed by atoms with Gasteiger partial charge >= 0.3 is 0 Å². The molecule has 2 N–H and O–H groups in total. The van der Waals surface area contributed by atoms with Gasteiger partial charge in [-0.15, -0.1) is 0 Å². The number of nitrogens with one attached hydrogen (secondary N) is 2. The summed E-state index contributed by atoms with van der Waals surface area (Å²) in [6, 6.07) is 26.0. The van der Waals surface area contributed by atoms with Crippen molar-refractivity contribution in [1.29, 1.82) is 0 Å². The highest BCUT2D eigenvalue weighted by atomic mass is 16.5. The fraction of sp³-hybridized carbons (Fsp3) is 0.143. The smallest absolute Gasteiger partial charge is 0.119 e. The molecule has 25 heavy (non-hydrogen) atoms. The third-order valence-corrected chi connectivity index (χ3v) is 3.76. The molecule has 0 aromatic heterocycles. The second-order valence-electron chi connectivity index (χ2n) is 5.63. The molecule has 0 unspecified atom stereocenters. The van der Waals surface area contributed by atoms with Gasteiger partial charge in [0, 0.05) is 12.2 Å². The average Bonchev–Trinajstić information content (AvgIpc) is 2.68. The van der Waals surface area contributed by atoms with Crippen LogP contribution in [0.4, 0.5) is 5.69 Å². The van der Waals surface area contributed by atoms with Crippen LogP contribution >= 0.6 is 0 Å². The van der Waals surface area contributed by atoms with Crippen molar-refractivity contribution in [3.8, 4) is 11.5 Å². The Morgan fingerprint density at radius 3 is 2.32 bits per heavy atom. The van der Waals surface area contributed by atoms with E-state index in [1.165, 1.54) is 5.56 Å². The Labute approximate surface area is 148 Å². The number of methoxy groups -OCH3 is 1. The van der Waals surface area contributed by atoms with Crippen LogP contribution in [0, 0.1) is 0 Å². The number of para-hydroxylation sites is 1. The van der Waals surface area contributed by atoms with Gasteiger partial charge in [0.05, 0.1) is 7.11 Å². The maximum absolute atomic E-state index is 5.83. The largest absolute Gasteiger partial charge is 0.497 e. The number of rotatable bonds is 8. The van der Waals surface area contributed by atoms with E-state index in [0.29, 0.717) is 6.61 Å². The van der Waals surface area contributed by atoms with Crippen LogP contribution in [0.15, 0.2) is 78.9 Å². The molecule has 0 bridgehead atoms. The van der Waals surface area contributed by atoms with Crippen molar-refractivity contribution < 1.29 is 9.47 Å². The second-order valence-corrected chi connectivity index (χ2v) is 5.63. The highest BCUT2D eigenvalue weighted by molar-refractivity contribution is 5.41. The molecule has 0 saturated carbocycles. The third-order valence-electron chi connectivity index (χ3n) is 3.76. The van der Waals surface area contributed by atoms with Crippen LogP contribution in [0.1, 0.15) is 11.1 Å². The van der Waals surface area contributed by atoms with E-state index in [1.807, 2.05) is 66.7 Å². The lowest BCUT2D eigenvalue weighted by Crippen LogP contribution is -2.20. The SMILES string of the molecule is COc1cccc(COc2ccc(CNNc3ccccc3)cc2)c1. The third kappa shape index (κ3) is 5.26. The van der Waals surface area contributed by atoms with E-state index in [9.17, 15) is 0 Å². The normalized spacial score (nSPS) is 10.3. The molecule has 0 fully saturated rings. The van der Waals surface area contributed by atoms with Crippen molar-refractivity contribution in [2.75, 3.05) is 12.5 Å². The van der Waals surface area contributed by atoms with Gasteiger partial charge in [-0.25, -0.2) is 5.43 Å². The van der Waals surface area contributed by atoms with Crippen molar-refractivity contribution in [3.05, 3.63) is 90.0 Å². The summed E-state index contributed by atoms with van der Waals surface area (Å²) in [5.74, 6) is 1.69. The van der Waals surface area contributed by atoms with E-state index in [0.717, 1.165) is 29.3 Å². The first-order valence-electron chi connectivity index (χ1n) is 8.22. The van der Waals surface area contributed by atoms with Gasteiger partial charge in [-0.1, -0.05) is 42.5 Å². The van der Waals surface area contributed by atoms with E-state index in [4.69, 9.17) is 9.47 Å². The van der Waals surface area contributed by atoms with Crippen LogP contribution in [-0.4, -0.2) is 7.11 Å². The topological polar surface area (TPSA) is 42.5 Å². The highest BCUT2D eigenvalue weighted by Gasteiger charge is 1.99. The van der Waals surface area contributed by atoms with Crippen LogP contribution < -0.4 is 20.3 Å². The van der Waals surface area contributed by atoms with Crippen molar-refractivity contribution in [1.82, 2.24) is 5.43 Å². The Morgan fingerprint density at radius 2 is 1.56 bits per heavy atom. The summed E-state index contributed by atoms with van der Waals surface area (Å²) >= 11 is 0. The van der Waals surface area contributed by atoms with Crippen LogP contribution in [0.3, 0.4) is 0 Å². The van der Waals surface area contributed by atoms with Crippen LogP contribution in [0.2, 0.25) is 0 Å². The minimum atomic E-state index is 0.518. The summed E-state index contributed by atoms with van der Waals surface area (Å²) in [6.45, 7) is 1.25. The summed E-state index contributed by atoms with van der Waals surface area (Å²) in [5, 5.41) is 0. The first-order valence-corrected chi connectivity index (χ1v) is 8.22. The fourth-order valence-corrected chi connectivity index (χ4v) is 2.40. The predicted molar refractivity (Wildman–Crippen MR) is 101 cm³/mol. The summed E-state index contributed by atoms with van der Waals surface area (Å²) < 4.78 is 11.1. The van der Waals surface area contributed by atoms with Gasteiger partial charge in [-0.2, -0.15) is 0 Å². The zero-order valence-electron chi connectivity index (χ0n) is 14.2. The van der Waals surface area contributed by atoms with Crippen molar-refractivity contribution in [3.63, 3.8) is 0 Å². The summed E-state index contributed by atoms with van der Waals surface area (Å²) in [4.78, 5) is 0. The molecular formula is C21H22N2O2. The molecule has 3 rings (SSSR count). The van der Waals surface area contributed by atoms with Gasteiger partial charge in [-0.05, 0) is 47.5 Å².